The zero-order valence-corrected chi connectivity index (χ0v) is 15.7. The maximum atomic E-state index is 3.25. The molecule has 0 unspecified atom stereocenters. The van der Waals surface area contributed by atoms with Crippen LogP contribution < -0.4 is 9.80 Å². The third-order valence-electron chi connectivity index (χ3n) is 2.95. The van der Waals surface area contributed by atoms with Crippen LogP contribution in [0.3, 0.4) is 0 Å². The summed E-state index contributed by atoms with van der Waals surface area (Å²) in [6, 6.07) is 21.8. The molecular formula is C16H17IN2Pt-3. The molecule has 0 bridgehead atoms. The summed E-state index contributed by atoms with van der Waals surface area (Å²) in [7, 11) is 0. The summed E-state index contributed by atoms with van der Waals surface area (Å²) in [5, 5.41) is 0. The average Bonchev–Trinajstić information content (AvgIpc) is 3.01. The van der Waals surface area contributed by atoms with E-state index in [9.17, 15) is 0 Å². The molecule has 0 aromatic heterocycles. The molecule has 0 amide bonds. The molecule has 2 aromatic carbocycles. The van der Waals surface area contributed by atoms with Gasteiger partial charge in [-0.05, 0) is 12.1 Å². The predicted molar refractivity (Wildman–Crippen MR) is 91.1 cm³/mol. The van der Waals surface area contributed by atoms with Crippen molar-refractivity contribution < 1.29 is 16.1 Å². The number of anilines is 2. The quantitative estimate of drug-likeness (QED) is 0.401. The fourth-order valence-electron chi connectivity index (χ4n) is 2.06. The summed E-state index contributed by atoms with van der Waals surface area (Å²) >= 11 is 4.23. The monoisotopic (exact) mass is 559 g/mol. The van der Waals surface area contributed by atoms with Crippen molar-refractivity contribution in [3.05, 3.63) is 74.8 Å². The topological polar surface area (TPSA) is 6.48 Å². The van der Waals surface area contributed by atoms with E-state index in [0.29, 0.717) is 0 Å². The van der Waals surface area contributed by atoms with Gasteiger partial charge in [0.05, 0.1) is 0 Å². The molecule has 111 valence electrons. The molecule has 0 atom stereocenters. The minimum Gasteiger partial charge on any atom is -0.522 e. The summed E-state index contributed by atoms with van der Waals surface area (Å²) in [4.78, 5) is 4.49. The van der Waals surface area contributed by atoms with Crippen molar-refractivity contribution in [1.82, 2.24) is 0 Å². The Morgan fingerprint density at radius 2 is 1.60 bits per heavy atom. The van der Waals surface area contributed by atoms with E-state index < -0.39 is 0 Å². The van der Waals surface area contributed by atoms with Gasteiger partial charge in [0.2, 0.25) is 0 Å². The summed E-state index contributed by atoms with van der Waals surface area (Å²) in [5.74, 6) is 0. The molecule has 0 radical (unpaired) electrons. The van der Waals surface area contributed by atoms with Gasteiger partial charge in [-0.25, -0.2) is 0 Å². The van der Waals surface area contributed by atoms with Crippen molar-refractivity contribution >= 4 is 30.7 Å². The van der Waals surface area contributed by atoms with Crippen LogP contribution in [0, 0.1) is 20.2 Å². The molecular weight excluding hydrogens is 542 g/mol. The van der Waals surface area contributed by atoms with Gasteiger partial charge in [0, 0.05) is 18.8 Å². The molecule has 20 heavy (non-hydrogen) atoms. The third kappa shape index (κ3) is 4.49. The van der Waals surface area contributed by atoms with Crippen LogP contribution in [0.4, 0.5) is 11.4 Å². The molecule has 0 aliphatic carbocycles. The second-order valence-corrected chi connectivity index (χ2v) is 4.09. The number of rotatable bonds is 2. The minimum absolute atomic E-state index is 0. The molecule has 1 heterocycles. The van der Waals surface area contributed by atoms with Crippen molar-refractivity contribution in [2.75, 3.05) is 22.9 Å². The second-order valence-electron chi connectivity index (χ2n) is 4.09. The van der Waals surface area contributed by atoms with Gasteiger partial charge in [-0.2, -0.15) is 37.0 Å². The first kappa shape index (κ1) is 17.5. The van der Waals surface area contributed by atoms with E-state index in [2.05, 4.69) is 88.4 Å². The Bertz CT molecular complexity index is 433. The number of hydrogen-bond donors (Lipinski definition) is 0. The van der Waals surface area contributed by atoms with Crippen molar-refractivity contribution in [2.24, 2.45) is 0 Å². The number of benzene rings is 2. The molecule has 0 saturated carbocycles. The van der Waals surface area contributed by atoms with Crippen LogP contribution in [0.2, 0.25) is 0 Å². The molecule has 0 spiro atoms. The molecule has 2 aromatic rings. The van der Waals surface area contributed by atoms with Crippen molar-refractivity contribution in [3.63, 3.8) is 0 Å². The molecule has 1 fully saturated rings. The molecule has 1 aliphatic rings. The molecule has 1 saturated heterocycles. The Hall–Kier alpha value is -0.542. The average molecular weight is 559 g/mol. The predicted octanol–water partition coefficient (Wildman–Crippen LogP) is 4.27. The van der Waals surface area contributed by atoms with Gasteiger partial charge in [-0.15, -0.1) is 5.69 Å². The first-order valence-corrected chi connectivity index (χ1v) is 12.4. The second kappa shape index (κ2) is 9.40. The van der Waals surface area contributed by atoms with E-state index in [0.717, 1.165) is 18.8 Å². The van der Waals surface area contributed by atoms with Gasteiger partial charge < -0.3 is 17.2 Å². The van der Waals surface area contributed by atoms with Gasteiger partial charge in [0.25, 0.3) is 0 Å². The number of para-hydroxylation sites is 2. The Labute approximate surface area is 143 Å². The van der Waals surface area contributed by atoms with Crippen LogP contribution in [0.5, 0.6) is 0 Å². The summed E-state index contributed by atoms with van der Waals surface area (Å²) in [6.45, 7) is 4.18. The number of halogens is 1. The normalized spacial score (nSPS) is 13.3. The van der Waals surface area contributed by atoms with Gasteiger partial charge >= 0.3 is 35.5 Å². The third-order valence-corrected chi connectivity index (χ3v) is 2.95. The van der Waals surface area contributed by atoms with Crippen molar-refractivity contribution in [1.29, 1.82) is 0 Å². The zero-order chi connectivity index (χ0) is 13.5. The van der Waals surface area contributed by atoms with Crippen molar-refractivity contribution in [3.8, 4) is 0 Å². The van der Waals surface area contributed by atoms with E-state index in [1.807, 2.05) is 24.3 Å². The number of hydrogen-bond acceptors (Lipinski definition) is 2. The van der Waals surface area contributed by atoms with Crippen LogP contribution >= 0.6 is 19.4 Å². The van der Waals surface area contributed by atoms with Gasteiger partial charge in [-0.3, -0.25) is 0 Å². The largest absolute Gasteiger partial charge is 0.522 e. The van der Waals surface area contributed by atoms with Crippen LogP contribution in [-0.2, 0) is 16.1 Å². The molecule has 4 heteroatoms. The summed E-state index contributed by atoms with van der Waals surface area (Å²) in [6.07, 6.45) is 0. The SMILES string of the molecule is [CH3-].[I][Pt].[c-]1ccccc1N1[CH-]N(c2ccccc2)CC1. The molecule has 1 aliphatic heterocycles. The van der Waals surface area contributed by atoms with Gasteiger partial charge in [0.15, 0.2) is 0 Å². The van der Waals surface area contributed by atoms with E-state index in [-0.39, 0.29) is 7.43 Å². The van der Waals surface area contributed by atoms with E-state index in [4.69, 9.17) is 0 Å². The summed E-state index contributed by atoms with van der Waals surface area (Å²) in [5.41, 5.74) is 2.37. The fourth-order valence-corrected chi connectivity index (χ4v) is 2.06. The maximum Gasteiger partial charge on any atom is 0.00858 e. The number of nitrogens with zero attached hydrogens (tertiary/aromatic N) is 2. The minimum atomic E-state index is 0. The Morgan fingerprint density at radius 3 is 2.25 bits per heavy atom. The summed E-state index contributed by atoms with van der Waals surface area (Å²) < 4.78 is 0. The van der Waals surface area contributed by atoms with Crippen LogP contribution in [0.1, 0.15) is 0 Å². The van der Waals surface area contributed by atoms with E-state index >= 15 is 0 Å². The smallest absolute Gasteiger partial charge is 0.00858 e. The zero-order valence-electron chi connectivity index (χ0n) is 11.3. The van der Waals surface area contributed by atoms with E-state index in [1.54, 1.807) is 0 Å². The fraction of sp³-hybridized carbons (Fsp3) is 0.125. The molecule has 3 rings (SSSR count). The van der Waals surface area contributed by atoms with Crippen LogP contribution in [0.15, 0.2) is 54.6 Å². The Balaban J connectivity index is 0.000000639. The van der Waals surface area contributed by atoms with Gasteiger partial charge in [0.1, 0.15) is 0 Å². The van der Waals surface area contributed by atoms with Crippen LogP contribution in [-0.4, -0.2) is 13.1 Å². The van der Waals surface area contributed by atoms with Crippen molar-refractivity contribution in [2.45, 2.75) is 0 Å². The molecule has 2 nitrogen and oxygen atoms in total. The Kier molecular flexibility index (Phi) is 8.23. The first-order valence-electron chi connectivity index (χ1n) is 5.95. The maximum absolute atomic E-state index is 3.25. The molecule has 0 N–H and O–H groups in total. The van der Waals surface area contributed by atoms with Gasteiger partial charge in [-0.1, -0.05) is 18.2 Å². The standard InChI is InChI=1S/C15H14N2.CH3.HI.Pt/c1-3-7-14(8-4-1)16-11-12-17(13-16)15-9-5-2-6-10-15;;;/h1-9,13H,11-12H2;1H3;1H;/q-2;-1;;+1/p-1. The van der Waals surface area contributed by atoms with E-state index in [1.165, 1.54) is 5.69 Å². The Morgan fingerprint density at radius 1 is 0.950 bits per heavy atom. The van der Waals surface area contributed by atoms with Crippen LogP contribution in [0.25, 0.3) is 0 Å². The first-order chi connectivity index (χ1) is 9.43.